The van der Waals surface area contributed by atoms with Gasteiger partial charge < -0.3 is 14.2 Å². The summed E-state index contributed by atoms with van der Waals surface area (Å²) in [6, 6.07) is 9.11. The second kappa shape index (κ2) is 10.6. The van der Waals surface area contributed by atoms with Crippen LogP contribution in [0.25, 0.3) is 0 Å². The van der Waals surface area contributed by atoms with Crippen molar-refractivity contribution in [3.63, 3.8) is 0 Å². The Kier molecular flexibility index (Phi) is 8.79. The van der Waals surface area contributed by atoms with E-state index in [0.717, 1.165) is 16.5 Å². The van der Waals surface area contributed by atoms with Crippen molar-refractivity contribution in [1.29, 1.82) is 0 Å². The molecule has 2 rings (SSSR count). The highest BCUT2D eigenvalue weighted by Crippen LogP contribution is 2.35. The number of rotatable bonds is 8. The Morgan fingerprint density at radius 1 is 1.14 bits per heavy atom. The van der Waals surface area contributed by atoms with Gasteiger partial charge in [-0.2, -0.15) is 0 Å². The van der Waals surface area contributed by atoms with E-state index in [4.69, 9.17) is 14.2 Å². The molecule has 8 nitrogen and oxygen atoms in total. The molecular formula is C17H14I3NO7. The van der Waals surface area contributed by atoms with E-state index < -0.39 is 17.3 Å². The van der Waals surface area contributed by atoms with E-state index in [0.29, 0.717) is 17.1 Å². The molecule has 0 N–H and O–H groups in total. The van der Waals surface area contributed by atoms with Gasteiger partial charge in [-0.3, -0.25) is 9.63 Å². The van der Waals surface area contributed by atoms with Crippen molar-refractivity contribution < 1.29 is 28.9 Å². The first-order valence-electron chi connectivity index (χ1n) is 7.69. The Labute approximate surface area is 201 Å². The second-order valence-corrected chi connectivity index (χ2v) is 8.84. The molecule has 28 heavy (non-hydrogen) atoms. The molecular weight excluding hydrogens is 711 g/mol. The highest BCUT2D eigenvalue weighted by Gasteiger charge is 2.16. The average Bonchev–Trinajstić information content (AvgIpc) is 2.57. The number of ether oxygens (including phenoxy) is 3. The molecule has 0 aliphatic heterocycles. The minimum atomic E-state index is -1.26. The van der Waals surface area contributed by atoms with Crippen molar-refractivity contribution in [2.75, 3.05) is 7.11 Å². The fourth-order valence-corrected chi connectivity index (χ4v) is 5.00. The van der Waals surface area contributed by atoms with Crippen molar-refractivity contribution in [3.05, 3.63) is 56.7 Å². The quantitative estimate of drug-likeness (QED) is 0.125. The van der Waals surface area contributed by atoms with Crippen LogP contribution >= 0.6 is 67.8 Å². The van der Waals surface area contributed by atoms with Gasteiger partial charge in [0, 0.05) is 0 Å². The fourth-order valence-electron chi connectivity index (χ4n) is 2.18. The zero-order valence-electron chi connectivity index (χ0n) is 14.6. The smallest absolute Gasteiger partial charge is 0.312 e. The monoisotopic (exact) mass is 725 g/mol. The first-order chi connectivity index (χ1) is 13.2. The van der Waals surface area contributed by atoms with Gasteiger partial charge in [0.05, 0.1) is 24.2 Å². The highest BCUT2D eigenvalue weighted by molar-refractivity contribution is 14.1. The molecule has 2 aromatic rings. The molecule has 0 aliphatic carbocycles. The number of nitrogens with zero attached hydrogens (tertiary/aromatic N) is 1. The maximum atomic E-state index is 11.9. The number of benzene rings is 2. The molecule has 0 saturated carbocycles. The van der Waals surface area contributed by atoms with Gasteiger partial charge in [-0.15, -0.1) is 10.1 Å². The van der Waals surface area contributed by atoms with Crippen LogP contribution in [0, 0.1) is 20.8 Å². The third-order valence-electron chi connectivity index (χ3n) is 3.28. The van der Waals surface area contributed by atoms with E-state index in [1.807, 2.05) is 18.2 Å². The molecule has 0 spiro atoms. The molecule has 0 heterocycles. The highest BCUT2D eigenvalue weighted by atomic mass is 127. The van der Waals surface area contributed by atoms with Gasteiger partial charge in [-0.05, 0) is 111 Å². The third kappa shape index (κ3) is 6.75. The summed E-state index contributed by atoms with van der Waals surface area (Å²) in [6.45, 7) is 1.28. The molecule has 0 bridgehead atoms. The van der Waals surface area contributed by atoms with Gasteiger partial charge in [0.15, 0.2) is 5.75 Å². The van der Waals surface area contributed by atoms with Gasteiger partial charge in [-0.1, -0.05) is 0 Å². The van der Waals surface area contributed by atoms with E-state index in [1.165, 1.54) is 6.92 Å². The summed E-state index contributed by atoms with van der Waals surface area (Å²) in [5, 5.41) is 9.25. The molecule has 1 unspecified atom stereocenters. The Hall–Kier alpha value is -1.10. The van der Waals surface area contributed by atoms with E-state index in [9.17, 15) is 14.9 Å². The van der Waals surface area contributed by atoms with Crippen LogP contribution in [0.4, 0.5) is 0 Å². The number of carbonyl (C=O) groups excluding carboxylic acids is 1. The van der Waals surface area contributed by atoms with Crippen LogP contribution < -0.4 is 9.47 Å². The number of hydrogen-bond acceptors (Lipinski definition) is 7. The maximum absolute atomic E-state index is 11.9. The standard InChI is InChI=1S/C17H14I3NO7/c1-9(28-21(23)24)26-16(22)7-10-5-13(19)17(14(20)6-10)27-11-3-4-15(25-2)12(18)8-11/h3-6,8-9H,7H2,1-2H3. The average molecular weight is 725 g/mol. The summed E-state index contributed by atoms with van der Waals surface area (Å²) in [5.41, 5.74) is 0.698. The molecule has 1 atom stereocenters. The molecule has 0 radical (unpaired) electrons. The molecule has 2 aromatic carbocycles. The lowest BCUT2D eigenvalue weighted by Gasteiger charge is -2.14. The first-order valence-corrected chi connectivity index (χ1v) is 10.9. The van der Waals surface area contributed by atoms with Crippen LogP contribution in [0.2, 0.25) is 0 Å². The lowest BCUT2D eigenvalue weighted by atomic mass is 10.1. The van der Waals surface area contributed by atoms with Gasteiger partial charge in [0.2, 0.25) is 6.29 Å². The van der Waals surface area contributed by atoms with Gasteiger partial charge >= 0.3 is 5.97 Å². The van der Waals surface area contributed by atoms with Gasteiger partial charge in [0.25, 0.3) is 5.09 Å². The molecule has 0 saturated heterocycles. The van der Waals surface area contributed by atoms with E-state index in [-0.39, 0.29) is 6.42 Å². The number of esters is 1. The zero-order valence-corrected chi connectivity index (χ0v) is 21.1. The Morgan fingerprint density at radius 3 is 2.32 bits per heavy atom. The van der Waals surface area contributed by atoms with Crippen LogP contribution in [0.15, 0.2) is 30.3 Å². The van der Waals surface area contributed by atoms with E-state index in [2.05, 4.69) is 72.6 Å². The van der Waals surface area contributed by atoms with Crippen LogP contribution in [0.1, 0.15) is 12.5 Å². The lowest BCUT2D eigenvalue weighted by Crippen LogP contribution is -2.22. The van der Waals surface area contributed by atoms with Crippen molar-refractivity contribution in [2.45, 2.75) is 19.6 Å². The lowest BCUT2D eigenvalue weighted by molar-refractivity contribution is -0.777. The Bertz CT molecular complexity index is 868. The third-order valence-corrected chi connectivity index (χ3v) is 5.73. The molecule has 150 valence electrons. The predicted molar refractivity (Wildman–Crippen MR) is 125 cm³/mol. The Morgan fingerprint density at radius 2 is 1.79 bits per heavy atom. The minimum absolute atomic E-state index is 0.0435. The van der Waals surface area contributed by atoms with Crippen molar-refractivity contribution >= 4 is 73.7 Å². The van der Waals surface area contributed by atoms with E-state index in [1.54, 1.807) is 19.2 Å². The second-order valence-electron chi connectivity index (χ2n) is 5.35. The van der Waals surface area contributed by atoms with E-state index >= 15 is 0 Å². The summed E-state index contributed by atoms with van der Waals surface area (Å²) in [5.74, 6) is 1.48. The van der Waals surface area contributed by atoms with Crippen LogP contribution in [0.3, 0.4) is 0 Å². The first kappa shape index (κ1) is 23.2. The largest absolute Gasteiger partial charge is 0.496 e. The van der Waals surface area contributed by atoms with Crippen molar-refractivity contribution in [1.82, 2.24) is 0 Å². The fraction of sp³-hybridized carbons (Fsp3) is 0.235. The normalized spacial score (nSPS) is 11.5. The predicted octanol–water partition coefficient (Wildman–Crippen LogP) is 4.94. The van der Waals surface area contributed by atoms with Crippen LogP contribution in [-0.2, 0) is 20.8 Å². The van der Waals surface area contributed by atoms with Gasteiger partial charge in [0.1, 0.15) is 11.5 Å². The Balaban J connectivity index is 2.11. The van der Waals surface area contributed by atoms with Crippen molar-refractivity contribution in [2.24, 2.45) is 0 Å². The minimum Gasteiger partial charge on any atom is -0.496 e. The SMILES string of the molecule is COc1ccc(Oc2c(I)cc(CC(=O)OC(C)O[N+](=O)[O-])cc2I)cc1I. The van der Waals surface area contributed by atoms with Gasteiger partial charge in [-0.25, -0.2) is 0 Å². The summed E-state index contributed by atoms with van der Waals surface area (Å²) >= 11 is 6.42. The number of hydrogen-bond donors (Lipinski definition) is 0. The molecule has 0 fully saturated rings. The van der Waals surface area contributed by atoms with Crippen LogP contribution in [0.5, 0.6) is 17.2 Å². The molecule has 0 amide bonds. The zero-order chi connectivity index (χ0) is 20.8. The van der Waals surface area contributed by atoms with Crippen LogP contribution in [-0.4, -0.2) is 24.5 Å². The summed E-state index contributed by atoms with van der Waals surface area (Å²) in [4.78, 5) is 26.3. The molecule has 0 aliphatic rings. The number of carbonyl (C=O) groups is 1. The van der Waals surface area contributed by atoms with Crippen molar-refractivity contribution in [3.8, 4) is 17.2 Å². The number of halogens is 3. The summed E-state index contributed by atoms with van der Waals surface area (Å²) < 4.78 is 18.6. The maximum Gasteiger partial charge on any atom is 0.312 e. The summed E-state index contributed by atoms with van der Waals surface area (Å²) in [7, 11) is 1.61. The number of methoxy groups -OCH3 is 1. The topological polar surface area (TPSA) is 97.1 Å². The molecule has 0 aromatic heterocycles. The summed E-state index contributed by atoms with van der Waals surface area (Å²) in [6.07, 6.45) is -1.31. The molecule has 11 heteroatoms.